The van der Waals surface area contributed by atoms with Gasteiger partial charge in [0.1, 0.15) is 11.6 Å². The van der Waals surface area contributed by atoms with Crippen molar-refractivity contribution in [3.05, 3.63) is 101 Å². The number of hydrogen-bond acceptors (Lipinski definition) is 2. The normalized spacial score (nSPS) is 10.6. The van der Waals surface area contributed by atoms with Gasteiger partial charge in [-0.2, -0.15) is 0 Å². The van der Waals surface area contributed by atoms with E-state index in [-0.39, 0.29) is 17.5 Å². The molecule has 0 unspecified atom stereocenters. The first-order valence-corrected chi connectivity index (χ1v) is 9.60. The summed E-state index contributed by atoms with van der Waals surface area (Å²) in [6, 6.07) is 20.2. The SMILES string of the molecule is O=C(NCCc1ccc(F)cc1)c1ccccc1SCc1ccccc1F. The van der Waals surface area contributed by atoms with E-state index < -0.39 is 0 Å². The zero-order valence-electron chi connectivity index (χ0n) is 14.6. The van der Waals surface area contributed by atoms with Gasteiger partial charge in [-0.3, -0.25) is 4.79 Å². The lowest BCUT2D eigenvalue weighted by atomic mass is 10.1. The molecule has 1 amide bonds. The predicted octanol–water partition coefficient (Wildman–Crippen LogP) is 5.23. The van der Waals surface area contributed by atoms with Crippen LogP contribution in [0.25, 0.3) is 0 Å². The number of halogens is 2. The van der Waals surface area contributed by atoms with Gasteiger partial charge in [-0.1, -0.05) is 42.5 Å². The molecule has 0 saturated carbocycles. The molecule has 0 aliphatic carbocycles. The van der Waals surface area contributed by atoms with Crippen molar-refractivity contribution in [2.75, 3.05) is 6.54 Å². The number of carbonyl (C=O) groups excluding carboxylic acids is 1. The fourth-order valence-electron chi connectivity index (χ4n) is 2.62. The van der Waals surface area contributed by atoms with Crippen molar-refractivity contribution in [3.8, 4) is 0 Å². The zero-order valence-corrected chi connectivity index (χ0v) is 15.4. The molecule has 0 fully saturated rings. The maximum Gasteiger partial charge on any atom is 0.252 e. The van der Waals surface area contributed by atoms with E-state index in [0.29, 0.717) is 29.8 Å². The molecule has 2 nitrogen and oxygen atoms in total. The lowest BCUT2D eigenvalue weighted by molar-refractivity contribution is 0.0951. The lowest BCUT2D eigenvalue weighted by Crippen LogP contribution is -2.26. The number of thioether (sulfide) groups is 1. The van der Waals surface area contributed by atoms with Gasteiger partial charge in [0.25, 0.3) is 5.91 Å². The van der Waals surface area contributed by atoms with Crippen LogP contribution < -0.4 is 5.32 Å². The summed E-state index contributed by atoms with van der Waals surface area (Å²) in [6.45, 7) is 0.455. The number of nitrogens with one attached hydrogen (secondary N) is 1. The van der Waals surface area contributed by atoms with Crippen LogP contribution in [0.1, 0.15) is 21.5 Å². The van der Waals surface area contributed by atoms with Gasteiger partial charge in [0, 0.05) is 17.2 Å². The molecule has 0 radical (unpaired) electrons. The third-order valence-corrected chi connectivity index (χ3v) is 5.21. The summed E-state index contributed by atoms with van der Waals surface area (Å²) in [6.07, 6.45) is 0.622. The van der Waals surface area contributed by atoms with Gasteiger partial charge >= 0.3 is 0 Å². The van der Waals surface area contributed by atoms with Crippen molar-refractivity contribution >= 4 is 17.7 Å². The topological polar surface area (TPSA) is 29.1 Å². The third-order valence-electron chi connectivity index (χ3n) is 4.09. The summed E-state index contributed by atoms with van der Waals surface area (Å²) in [5.74, 6) is -0.240. The standard InChI is InChI=1S/C22H19F2NOS/c23-18-11-9-16(10-12-18)13-14-25-22(26)19-6-2-4-8-21(19)27-15-17-5-1-3-7-20(17)24/h1-12H,13-15H2,(H,25,26). The van der Waals surface area contributed by atoms with Crippen molar-refractivity contribution in [1.82, 2.24) is 5.32 Å². The number of benzene rings is 3. The Labute approximate surface area is 161 Å². The monoisotopic (exact) mass is 383 g/mol. The number of amides is 1. The fraction of sp³-hybridized carbons (Fsp3) is 0.136. The first-order valence-electron chi connectivity index (χ1n) is 8.61. The molecule has 0 aromatic heterocycles. The maximum absolute atomic E-state index is 13.8. The highest BCUT2D eigenvalue weighted by Crippen LogP contribution is 2.27. The Kier molecular flexibility index (Phi) is 6.60. The van der Waals surface area contributed by atoms with E-state index in [0.717, 1.165) is 10.5 Å². The number of carbonyl (C=O) groups is 1. The van der Waals surface area contributed by atoms with Crippen molar-refractivity contribution in [1.29, 1.82) is 0 Å². The number of rotatable bonds is 7. The van der Waals surface area contributed by atoms with Crippen molar-refractivity contribution in [2.45, 2.75) is 17.1 Å². The quantitative estimate of drug-likeness (QED) is 0.566. The van der Waals surface area contributed by atoms with Crippen LogP contribution in [0.15, 0.2) is 77.7 Å². The molecule has 0 aliphatic heterocycles. The van der Waals surface area contributed by atoms with Gasteiger partial charge in [0.15, 0.2) is 0 Å². The molecule has 3 aromatic carbocycles. The largest absolute Gasteiger partial charge is 0.352 e. The van der Waals surface area contributed by atoms with Crippen LogP contribution in [-0.2, 0) is 12.2 Å². The third kappa shape index (κ3) is 5.41. The van der Waals surface area contributed by atoms with Crippen LogP contribution in [0.4, 0.5) is 8.78 Å². The van der Waals surface area contributed by atoms with E-state index in [1.165, 1.54) is 30.0 Å². The summed E-state index contributed by atoms with van der Waals surface area (Å²) >= 11 is 1.43. The Bertz CT molecular complexity index is 912. The Morgan fingerprint density at radius 1 is 0.889 bits per heavy atom. The molecule has 3 aromatic rings. The summed E-state index contributed by atoms with van der Waals surface area (Å²) in [4.78, 5) is 13.3. The van der Waals surface area contributed by atoms with E-state index in [9.17, 15) is 13.6 Å². The van der Waals surface area contributed by atoms with Crippen LogP contribution in [0, 0.1) is 11.6 Å². The molecule has 0 atom stereocenters. The summed E-state index contributed by atoms with van der Waals surface area (Å²) < 4.78 is 26.7. The van der Waals surface area contributed by atoms with E-state index in [1.54, 1.807) is 36.4 Å². The van der Waals surface area contributed by atoms with Crippen molar-refractivity contribution < 1.29 is 13.6 Å². The summed E-state index contributed by atoms with van der Waals surface area (Å²) in [7, 11) is 0. The average molecular weight is 383 g/mol. The minimum Gasteiger partial charge on any atom is -0.352 e. The Balaban J connectivity index is 1.59. The van der Waals surface area contributed by atoms with Crippen LogP contribution in [-0.4, -0.2) is 12.5 Å². The van der Waals surface area contributed by atoms with E-state index in [2.05, 4.69) is 5.32 Å². The van der Waals surface area contributed by atoms with Gasteiger partial charge in [-0.05, 0) is 47.9 Å². The maximum atomic E-state index is 13.8. The molecule has 0 saturated heterocycles. The second-order valence-electron chi connectivity index (χ2n) is 6.01. The first kappa shape index (κ1) is 19.1. The van der Waals surface area contributed by atoms with E-state index in [1.807, 2.05) is 18.2 Å². The molecule has 1 N–H and O–H groups in total. The molecular formula is C22H19F2NOS. The molecular weight excluding hydrogens is 364 g/mol. The summed E-state index contributed by atoms with van der Waals surface area (Å²) in [5.41, 5.74) is 2.13. The predicted molar refractivity (Wildman–Crippen MR) is 105 cm³/mol. The van der Waals surface area contributed by atoms with Crippen LogP contribution in [0.5, 0.6) is 0 Å². The van der Waals surface area contributed by atoms with Gasteiger partial charge in [0.05, 0.1) is 5.56 Å². The second-order valence-corrected chi connectivity index (χ2v) is 7.03. The Morgan fingerprint density at radius 3 is 2.37 bits per heavy atom. The molecule has 0 heterocycles. The molecule has 3 rings (SSSR count). The highest BCUT2D eigenvalue weighted by Gasteiger charge is 2.12. The van der Waals surface area contributed by atoms with Gasteiger partial charge < -0.3 is 5.32 Å². The highest BCUT2D eigenvalue weighted by atomic mass is 32.2. The molecule has 0 aliphatic rings. The minimum absolute atomic E-state index is 0.172. The Hall–Kier alpha value is -2.66. The summed E-state index contributed by atoms with van der Waals surface area (Å²) in [5, 5.41) is 2.89. The fourth-order valence-corrected chi connectivity index (χ4v) is 3.65. The molecule has 138 valence electrons. The minimum atomic E-state index is -0.274. The Morgan fingerprint density at radius 2 is 1.59 bits per heavy atom. The van der Waals surface area contributed by atoms with Gasteiger partial charge in [-0.25, -0.2) is 8.78 Å². The van der Waals surface area contributed by atoms with Crippen molar-refractivity contribution in [3.63, 3.8) is 0 Å². The van der Waals surface area contributed by atoms with Crippen LogP contribution >= 0.6 is 11.8 Å². The van der Waals surface area contributed by atoms with Gasteiger partial charge in [0.2, 0.25) is 0 Å². The van der Waals surface area contributed by atoms with Gasteiger partial charge in [-0.15, -0.1) is 11.8 Å². The molecule has 0 spiro atoms. The number of hydrogen-bond donors (Lipinski definition) is 1. The second kappa shape index (κ2) is 9.33. The average Bonchev–Trinajstić information content (AvgIpc) is 2.69. The highest BCUT2D eigenvalue weighted by molar-refractivity contribution is 7.98. The van der Waals surface area contributed by atoms with Crippen LogP contribution in [0.3, 0.4) is 0 Å². The van der Waals surface area contributed by atoms with Crippen LogP contribution in [0.2, 0.25) is 0 Å². The van der Waals surface area contributed by atoms with E-state index in [4.69, 9.17) is 0 Å². The molecule has 0 bridgehead atoms. The smallest absolute Gasteiger partial charge is 0.252 e. The molecule has 5 heteroatoms. The zero-order chi connectivity index (χ0) is 19.1. The lowest BCUT2D eigenvalue weighted by Gasteiger charge is -2.10. The van der Waals surface area contributed by atoms with Crippen molar-refractivity contribution in [2.24, 2.45) is 0 Å². The molecule has 27 heavy (non-hydrogen) atoms. The van der Waals surface area contributed by atoms with E-state index >= 15 is 0 Å². The first-order chi connectivity index (χ1) is 13.1.